The maximum atomic E-state index is 4.85. The molecule has 0 saturated heterocycles. The van der Waals surface area contributed by atoms with Gasteiger partial charge in [-0.1, -0.05) is 64.1 Å². The van der Waals surface area contributed by atoms with Crippen molar-refractivity contribution in [3.63, 3.8) is 0 Å². The van der Waals surface area contributed by atoms with Crippen LogP contribution in [0.1, 0.15) is 58.5 Å². The minimum Gasteiger partial charge on any atom is -0.322 e. The minimum atomic E-state index is 0.376. The van der Waals surface area contributed by atoms with Crippen LogP contribution in [0, 0.1) is 0 Å². The van der Waals surface area contributed by atoms with Gasteiger partial charge in [-0.05, 0) is 26.3 Å². The number of benzene rings is 1. The van der Waals surface area contributed by atoms with Crippen LogP contribution in [0.15, 0.2) is 36.9 Å². The van der Waals surface area contributed by atoms with Gasteiger partial charge in [-0.15, -0.1) is 0 Å². The van der Waals surface area contributed by atoms with E-state index in [0.717, 1.165) is 30.1 Å². The summed E-state index contributed by atoms with van der Waals surface area (Å²) in [5.74, 6) is 1.05. The molecule has 0 radical (unpaired) electrons. The van der Waals surface area contributed by atoms with Crippen LogP contribution in [-0.2, 0) is 6.42 Å². The molecule has 0 aliphatic carbocycles. The summed E-state index contributed by atoms with van der Waals surface area (Å²) >= 11 is 0. The number of aryl methyl sites for hydroxylation is 1. The Hall–Kier alpha value is -1.83. The maximum absolute atomic E-state index is 4.85. The molecule has 114 valence electrons. The van der Waals surface area contributed by atoms with Gasteiger partial charge < -0.3 is 4.57 Å². The third-order valence-electron chi connectivity index (χ3n) is 3.25. The Morgan fingerprint density at radius 1 is 1.19 bits per heavy atom. The highest BCUT2D eigenvalue weighted by Crippen LogP contribution is 2.27. The van der Waals surface area contributed by atoms with Gasteiger partial charge in [-0.3, -0.25) is 0 Å². The molecule has 2 rings (SSSR count). The molecule has 0 N–H and O–H groups in total. The van der Waals surface area contributed by atoms with Gasteiger partial charge in [0, 0.05) is 11.6 Å². The molecule has 0 bridgehead atoms. The molecule has 0 aliphatic rings. The zero-order chi connectivity index (χ0) is 15.8. The lowest BCUT2D eigenvalue weighted by Crippen LogP contribution is -2.05. The molecular weight excluding hydrogens is 256 g/mol. The molecule has 2 heteroatoms. The van der Waals surface area contributed by atoms with Crippen LogP contribution < -0.4 is 0 Å². The molecule has 0 fully saturated rings. The number of rotatable bonds is 5. The summed E-state index contributed by atoms with van der Waals surface area (Å²) in [5.41, 5.74) is 3.49. The van der Waals surface area contributed by atoms with Crippen molar-refractivity contribution in [3.05, 3.63) is 48.3 Å². The smallest absolute Gasteiger partial charge is 0.140 e. The van der Waals surface area contributed by atoms with E-state index in [2.05, 4.69) is 56.2 Å². The molecule has 0 saturated carbocycles. The Morgan fingerprint density at radius 2 is 1.81 bits per heavy atom. The molecule has 0 amide bonds. The van der Waals surface area contributed by atoms with Crippen LogP contribution in [0.4, 0.5) is 0 Å². The highest BCUT2D eigenvalue weighted by molar-refractivity contribution is 5.61. The Bertz CT molecular complexity index is 550. The fourth-order valence-corrected chi connectivity index (χ4v) is 2.44. The lowest BCUT2D eigenvalue weighted by molar-refractivity contribution is 0.601. The third-order valence-corrected chi connectivity index (χ3v) is 3.25. The van der Waals surface area contributed by atoms with E-state index >= 15 is 0 Å². The van der Waals surface area contributed by atoms with E-state index < -0.39 is 0 Å². The molecule has 2 aromatic rings. The Morgan fingerprint density at radius 3 is 2.29 bits per heavy atom. The third kappa shape index (κ3) is 3.84. The number of hydrogen-bond donors (Lipinski definition) is 0. The van der Waals surface area contributed by atoms with Gasteiger partial charge in [-0.25, -0.2) is 4.98 Å². The lowest BCUT2D eigenvalue weighted by atomic mass is 10.2. The van der Waals surface area contributed by atoms with Crippen LogP contribution in [0.5, 0.6) is 0 Å². The maximum Gasteiger partial charge on any atom is 0.140 e. The molecular formula is C19H28N2. The van der Waals surface area contributed by atoms with Crippen molar-refractivity contribution in [1.29, 1.82) is 0 Å². The van der Waals surface area contributed by atoms with Crippen molar-refractivity contribution in [1.82, 2.24) is 9.55 Å². The predicted molar refractivity (Wildman–Crippen MR) is 93.5 cm³/mol. The van der Waals surface area contributed by atoms with E-state index in [0.29, 0.717) is 6.04 Å². The lowest BCUT2D eigenvalue weighted by Gasteiger charge is -2.14. The molecule has 2 nitrogen and oxygen atoms in total. The molecule has 0 aliphatic heterocycles. The van der Waals surface area contributed by atoms with Crippen molar-refractivity contribution >= 4 is 6.08 Å². The van der Waals surface area contributed by atoms with Crippen LogP contribution in [0.25, 0.3) is 17.5 Å². The number of hydrogen-bond acceptors (Lipinski definition) is 1. The monoisotopic (exact) mass is 284 g/mol. The number of nitrogens with zero attached hydrogens (tertiary/aromatic N) is 2. The van der Waals surface area contributed by atoms with Crippen molar-refractivity contribution < 1.29 is 0 Å². The second-order valence-corrected chi connectivity index (χ2v) is 5.05. The summed E-state index contributed by atoms with van der Waals surface area (Å²) < 4.78 is 2.29. The predicted octanol–water partition coefficient (Wildman–Crippen LogP) is 5.75. The topological polar surface area (TPSA) is 17.8 Å². The molecule has 0 unspecified atom stereocenters. The Labute approximate surface area is 129 Å². The second-order valence-electron chi connectivity index (χ2n) is 5.05. The normalized spacial score (nSPS) is 10.2. The summed E-state index contributed by atoms with van der Waals surface area (Å²) in [4.78, 5) is 4.85. The fraction of sp³-hybridized carbons (Fsp3) is 0.421. The van der Waals surface area contributed by atoms with Gasteiger partial charge in [-0.2, -0.15) is 0 Å². The first-order valence-corrected chi connectivity index (χ1v) is 7.98. The van der Waals surface area contributed by atoms with Crippen LogP contribution in [0.2, 0.25) is 0 Å². The van der Waals surface area contributed by atoms with Gasteiger partial charge in [0.25, 0.3) is 0 Å². The van der Waals surface area contributed by atoms with E-state index in [1.54, 1.807) is 0 Å². The quantitative estimate of drug-likeness (QED) is 0.683. The summed E-state index contributed by atoms with van der Waals surface area (Å²) in [5, 5.41) is 0. The average molecular weight is 284 g/mol. The van der Waals surface area contributed by atoms with Gasteiger partial charge in [0.05, 0.1) is 11.4 Å². The summed E-state index contributed by atoms with van der Waals surface area (Å²) in [6.45, 7) is 14.5. The van der Waals surface area contributed by atoms with Crippen molar-refractivity contribution in [2.24, 2.45) is 0 Å². The SMILES string of the molecule is C=Cc1c(CCC)nc(-c2ccccc2)n1C(C)C.CC. The average Bonchev–Trinajstić information content (AvgIpc) is 2.89. The van der Waals surface area contributed by atoms with Gasteiger partial charge in [0.1, 0.15) is 5.82 Å². The number of aromatic nitrogens is 2. The van der Waals surface area contributed by atoms with E-state index in [9.17, 15) is 0 Å². The Kier molecular flexibility index (Phi) is 6.93. The van der Waals surface area contributed by atoms with Crippen LogP contribution in [0.3, 0.4) is 0 Å². The Balaban J connectivity index is 0.00000106. The zero-order valence-electron chi connectivity index (χ0n) is 14.1. The molecule has 1 heterocycles. The standard InChI is InChI=1S/C17H22N2.C2H6/c1-5-10-15-16(6-2)19(13(3)4)17(18-15)14-11-8-7-9-12-14;1-2/h6-9,11-13H,2,5,10H2,1,3-4H3;1-2H3. The molecule has 1 aromatic carbocycles. The van der Waals surface area contributed by atoms with Gasteiger partial charge in [0.15, 0.2) is 0 Å². The van der Waals surface area contributed by atoms with Gasteiger partial charge >= 0.3 is 0 Å². The molecule has 1 aromatic heterocycles. The first-order valence-electron chi connectivity index (χ1n) is 7.98. The minimum absolute atomic E-state index is 0.376. The van der Waals surface area contributed by atoms with Gasteiger partial charge in [0.2, 0.25) is 0 Å². The largest absolute Gasteiger partial charge is 0.322 e. The van der Waals surface area contributed by atoms with Crippen LogP contribution >= 0.6 is 0 Å². The molecule has 0 spiro atoms. The second kappa shape index (κ2) is 8.46. The molecule has 0 atom stereocenters. The molecule has 21 heavy (non-hydrogen) atoms. The van der Waals surface area contributed by atoms with E-state index in [1.807, 2.05) is 26.0 Å². The van der Waals surface area contributed by atoms with Crippen molar-refractivity contribution in [2.45, 2.75) is 53.5 Å². The first-order chi connectivity index (χ1) is 10.2. The van der Waals surface area contributed by atoms with E-state index in [-0.39, 0.29) is 0 Å². The highest BCUT2D eigenvalue weighted by atomic mass is 15.1. The number of imidazole rings is 1. The fourth-order valence-electron chi connectivity index (χ4n) is 2.44. The van der Waals surface area contributed by atoms with Crippen molar-refractivity contribution in [2.75, 3.05) is 0 Å². The summed E-state index contributed by atoms with van der Waals surface area (Å²) in [7, 11) is 0. The van der Waals surface area contributed by atoms with E-state index in [1.165, 1.54) is 5.56 Å². The van der Waals surface area contributed by atoms with E-state index in [4.69, 9.17) is 4.98 Å². The zero-order valence-corrected chi connectivity index (χ0v) is 14.1. The van der Waals surface area contributed by atoms with Crippen molar-refractivity contribution in [3.8, 4) is 11.4 Å². The summed E-state index contributed by atoms with van der Waals surface area (Å²) in [6.07, 6.45) is 4.04. The highest BCUT2D eigenvalue weighted by Gasteiger charge is 2.17. The summed E-state index contributed by atoms with van der Waals surface area (Å²) in [6, 6.07) is 10.8. The van der Waals surface area contributed by atoms with Crippen LogP contribution in [-0.4, -0.2) is 9.55 Å². The first kappa shape index (κ1) is 17.2.